The molecule has 0 amide bonds. The number of carbonyl (C=O) groups is 1. The van der Waals surface area contributed by atoms with Gasteiger partial charge in [-0.15, -0.1) is 0 Å². The summed E-state index contributed by atoms with van der Waals surface area (Å²) >= 11 is 0. The van der Waals surface area contributed by atoms with E-state index in [1.54, 1.807) is 40.0 Å². The molecule has 1 atom stereocenters. The monoisotopic (exact) mass is 293 g/mol. The third kappa shape index (κ3) is 3.83. The normalized spacial score (nSPS) is 16.9. The van der Waals surface area contributed by atoms with E-state index in [2.05, 4.69) is 10.00 Å². The molecule has 0 aliphatic carbocycles. The van der Waals surface area contributed by atoms with Gasteiger partial charge in [-0.2, -0.15) is 5.10 Å². The van der Waals surface area contributed by atoms with Crippen molar-refractivity contribution in [3.05, 3.63) is 22.6 Å². The van der Waals surface area contributed by atoms with Gasteiger partial charge >= 0.3 is 5.97 Å². The first kappa shape index (κ1) is 15.5. The summed E-state index contributed by atoms with van der Waals surface area (Å²) < 4.78 is 6.46. The van der Waals surface area contributed by atoms with Crippen LogP contribution in [0.3, 0.4) is 0 Å². The van der Waals surface area contributed by atoms with Crippen molar-refractivity contribution in [3.63, 3.8) is 0 Å². The lowest BCUT2D eigenvalue weighted by atomic mass is 10.2. The van der Waals surface area contributed by atoms with Crippen LogP contribution in [0.15, 0.2) is 17.1 Å². The molecule has 6 heteroatoms. The third-order valence-corrected chi connectivity index (χ3v) is 3.40. The molecule has 6 nitrogen and oxygen atoms in total. The second-order valence-corrected chi connectivity index (χ2v) is 6.40. The minimum atomic E-state index is -0.732. The fourth-order valence-electron chi connectivity index (χ4n) is 2.33. The number of anilines is 1. The predicted octanol–water partition coefficient (Wildman–Crippen LogP) is 1.75. The molecule has 1 aliphatic rings. The Bertz CT molecular complexity index is 568. The highest BCUT2D eigenvalue weighted by molar-refractivity contribution is 5.74. The van der Waals surface area contributed by atoms with E-state index in [9.17, 15) is 9.59 Å². The Morgan fingerprint density at radius 2 is 1.95 bits per heavy atom. The predicted molar refractivity (Wildman–Crippen MR) is 80.5 cm³/mol. The Balaban J connectivity index is 2.16. The zero-order valence-corrected chi connectivity index (χ0v) is 13.1. The summed E-state index contributed by atoms with van der Waals surface area (Å²) in [5, 5.41) is 4.14. The number of hydrogen-bond acceptors (Lipinski definition) is 5. The van der Waals surface area contributed by atoms with Gasteiger partial charge in [-0.1, -0.05) is 0 Å². The van der Waals surface area contributed by atoms with Gasteiger partial charge in [0.2, 0.25) is 0 Å². The number of carbonyl (C=O) groups excluding carboxylic acids is 1. The molecule has 1 unspecified atom stereocenters. The number of aromatic nitrogens is 2. The van der Waals surface area contributed by atoms with Crippen molar-refractivity contribution in [1.82, 2.24) is 9.78 Å². The van der Waals surface area contributed by atoms with Crippen LogP contribution in [0.2, 0.25) is 0 Å². The first-order chi connectivity index (χ1) is 9.78. The average molecular weight is 293 g/mol. The standard InChI is InChI=1S/C15H23N3O3/c1-11(14(20)21-15(2,3)4)18-13(19)9-12(10-16-18)17-7-5-6-8-17/h9-11H,5-8H2,1-4H3. The highest BCUT2D eigenvalue weighted by Crippen LogP contribution is 2.18. The van der Waals surface area contributed by atoms with Gasteiger partial charge in [0.1, 0.15) is 5.60 Å². The van der Waals surface area contributed by atoms with Gasteiger partial charge in [0, 0.05) is 19.2 Å². The van der Waals surface area contributed by atoms with Gasteiger partial charge in [-0.25, -0.2) is 9.48 Å². The number of esters is 1. The van der Waals surface area contributed by atoms with Gasteiger partial charge in [-0.3, -0.25) is 4.79 Å². The third-order valence-electron chi connectivity index (χ3n) is 3.40. The molecular weight excluding hydrogens is 270 g/mol. The number of nitrogens with zero attached hydrogens (tertiary/aromatic N) is 3. The van der Waals surface area contributed by atoms with Gasteiger partial charge in [0.05, 0.1) is 11.9 Å². The maximum absolute atomic E-state index is 12.2. The molecule has 0 aromatic carbocycles. The summed E-state index contributed by atoms with van der Waals surface area (Å²) in [5.41, 5.74) is -0.0346. The van der Waals surface area contributed by atoms with Crippen LogP contribution in [0.5, 0.6) is 0 Å². The molecule has 2 rings (SSSR count). The van der Waals surface area contributed by atoms with E-state index in [1.165, 1.54) is 4.68 Å². The zero-order chi connectivity index (χ0) is 15.6. The van der Waals surface area contributed by atoms with Gasteiger partial charge < -0.3 is 9.64 Å². The van der Waals surface area contributed by atoms with Gasteiger partial charge in [0.25, 0.3) is 5.56 Å². The lowest BCUT2D eigenvalue weighted by Crippen LogP contribution is -2.35. The topological polar surface area (TPSA) is 64.4 Å². The molecule has 1 saturated heterocycles. The molecule has 0 N–H and O–H groups in total. The zero-order valence-electron chi connectivity index (χ0n) is 13.1. The molecule has 0 bridgehead atoms. The van der Waals surface area contributed by atoms with Crippen molar-refractivity contribution >= 4 is 11.7 Å². The summed E-state index contributed by atoms with van der Waals surface area (Å²) in [6.45, 7) is 8.91. The van der Waals surface area contributed by atoms with E-state index < -0.39 is 17.6 Å². The molecule has 2 heterocycles. The van der Waals surface area contributed by atoms with Gasteiger partial charge in [-0.05, 0) is 40.5 Å². The van der Waals surface area contributed by atoms with Crippen LogP contribution >= 0.6 is 0 Å². The van der Waals surface area contributed by atoms with E-state index in [4.69, 9.17) is 4.74 Å². The minimum absolute atomic E-state index is 0.280. The van der Waals surface area contributed by atoms with Crippen LogP contribution in [-0.2, 0) is 9.53 Å². The summed E-state index contributed by atoms with van der Waals surface area (Å²) in [6, 6.07) is 0.809. The fraction of sp³-hybridized carbons (Fsp3) is 0.667. The molecule has 1 fully saturated rings. The molecule has 0 saturated carbocycles. The first-order valence-corrected chi connectivity index (χ1v) is 7.34. The van der Waals surface area contributed by atoms with Crippen LogP contribution in [0.1, 0.15) is 46.6 Å². The molecule has 116 valence electrons. The molecule has 1 aromatic heterocycles. The average Bonchev–Trinajstić information content (AvgIpc) is 2.89. The largest absolute Gasteiger partial charge is 0.458 e. The van der Waals surface area contributed by atoms with Crippen molar-refractivity contribution in [3.8, 4) is 0 Å². The summed E-state index contributed by atoms with van der Waals surface area (Å²) in [4.78, 5) is 26.3. The Morgan fingerprint density at radius 3 is 2.48 bits per heavy atom. The molecule has 1 aliphatic heterocycles. The van der Waals surface area contributed by atoms with Crippen molar-refractivity contribution in [2.75, 3.05) is 18.0 Å². The molecular formula is C15H23N3O3. The quantitative estimate of drug-likeness (QED) is 0.794. The fourth-order valence-corrected chi connectivity index (χ4v) is 2.33. The van der Waals surface area contributed by atoms with E-state index in [1.807, 2.05) is 0 Å². The Morgan fingerprint density at radius 1 is 1.33 bits per heavy atom. The minimum Gasteiger partial charge on any atom is -0.458 e. The summed E-state index contributed by atoms with van der Waals surface area (Å²) in [7, 11) is 0. The van der Waals surface area contributed by atoms with Crippen molar-refractivity contribution in [2.24, 2.45) is 0 Å². The molecule has 1 aromatic rings. The van der Waals surface area contributed by atoms with E-state index in [-0.39, 0.29) is 5.56 Å². The van der Waals surface area contributed by atoms with E-state index in [0.29, 0.717) is 0 Å². The lowest BCUT2D eigenvalue weighted by molar-refractivity contribution is -0.158. The second-order valence-electron chi connectivity index (χ2n) is 6.40. The summed E-state index contributed by atoms with van der Waals surface area (Å²) in [5.74, 6) is -0.453. The van der Waals surface area contributed by atoms with Crippen molar-refractivity contribution in [2.45, 2.75) is 52.2 Å². The van der Waals surface area contributed by atoms with Crippen LogP contribution < -0.4 is 10.5 Å². The second kappa shape index (κ2) is 5.87. The maximum Gasteiger partial charge on any atom is 0.331 e. The Hall–Kier alpha value is -1.85. The Kier molecular flexibility index (Phi) is 4.34. The van der Waals surface area contributed by atoms with Crippen LogP contribution in [0.4, 0.5) is 5.69 Å². The SMILES string of the molecule is CC(C(=O)OC(C)(C)C)n1ncc(N2CCCC2)cc1=O. The highest BCUT2D eigenvalue weighted by Gasteiger charge is 2.24. The first-order valence-electron chi connectivity index (χ1n) is 7.34. The van der Waals surface area contributed by atoms with Crippen molar-refractivity contribution in [1.29, 1.82) is 0 Å². The van der Waals surface area contributed by atoms with Crippen molar-refractivity contribution < 1.29 is 9.53 Å². The van der Waals surface area contributed by atoms with Crippen LogP contribution in [0.25, 0.3) is 0 Å². The number of rotatable bonds is 3. The highest BCUT2D eigenvalue weighted by atomic mass is 16.6. The lowest BCUT2D eigenvalue weighted by Gasteiger charge is -2.23. The van der Waals surface area contributed by atoms with Crippen LogP contribution in [0, 0.1) is 0 Å². The smallest absolute Gasteiger partial charge is 0.331 e. The molecule has 21 heavy (non-hydrogen) atoms. The van der Waals surface area contributed by atoms with Crippen LogP contribution in [-0.4, -0.2) is 34.4 Å². The maximum atomic E-state index is 12.2. The van der Waals surface area contributed by atoms with E-state index >= 15 is 0 Å². The van der Waals surface area contributed by atoms with E-state index in [0.717, 1.165) is 31.6 Å². The molecule has 0 radical (unpaired) electrons. The number of hydrogen-bond donors (Lipinski definition) is 0. The Labute approximate surface area is 124 Å². The summed E-state index contributed by atoms with van der Waals surface area (Å²) in [6.07, 6.45) is 3.92. The van der Waals surface area contributed by atoms with Gasteiger partial charge in [0.15, 0.2) is 6.04 Å². The number of ether oxygens (including phenoxy) is 1. The molecule has 0 spiro atoms.